The highest BCUT2D eigenvalue weighted by atomic mass is 32.2. The van der Waals surface area contributed by atoms with E-state index in [-0.39, 0.29) is 11.7 Å². The van der Waals surface area contributed by atoms with Gasteiger partial charge in [-0.3, -0.25) is 4.79 Å². The van der Waals surface area contributed by atoms with Crippen LogP contribution >= 0.6 is 11.8 Å². The Kier molecular flexibility index (Phi) is 8.76. The minimum absolute atomic E-state index is 0.0812. The summed E-state index contributed by atoms with van der Waals surface area (Å²) in [5.74, 6) is 1.52. The van der Waals surface area contributed by atoms with Gasteiger partial charge in [0.05, 0.1) is 30.8 Å². The molecule has 2 heterocycles. The van der Waals surface area contributed by atoms with Crippen molar-refractivity contribution >= 4 is 34.9 Å². The summed E-state index contributed by atoms with van der Waals surface area (Å²) in [5, 5.41) is 6.87. The molecule has 0 bridgehead atoms. The molecule has 0 aliphatic heterocycles. The summed E-state index contributed by atoms with van der Waals surface area (Å²) in [7, 11) is 3.24. The Morgan fingerprint density at radius 3 is 2.62 bits per heavy atom. The number of rotatable bonds is 11. The van der Waals surface area contributed by atoms with Gasteiger partial charge < -0.3 is 25.1 Å². The number of thioether (sulfide) groups is 1. The monoisotopic (exact) mass is 521 g/mol. The third-order valence-corrected chi connectivity index (χ3v) is 6.28. The Balaban J connectivity index is 1.68. The Hall–Kier alpha value is -3.89. The third-order valence-electron chi connectivity index (χ3n) is 5.44. The molecule has 4 aromatic rings. The maximum absolute atomic E-state index is 13.6. The van der Waals surface area contributed by atoms with Crippen LogP contribution in [0.4, 0.5) is 21.6 Å². The van der Waals surface area contributed by atoms with Gasteiger partial charge in [-0.25, -0.2) is 14.4 Å². The summed E-state index contributed by atoms with van der Waals surface area (Å²) in [6, 6.07) is 15.4. The molecule has 0 spiro atoms. The zero-order valence-electron chi connectivity index (χ0n) is 20.8. The summed E-state index contributed by atoms with van der Waals surface area (Å²) in [4.78, 5) is 24.5. The van der Waals surface area contributed by atoms with Gasteiger partial charge in [-0.15, -0.1) is 0 Å². The standard InChI is InChI=1S/C27H28FN5O3S/c1-4-24(34)30-20-9-10-22(36-3)21(16-20)31-23-15-18(11-12-29-23)26-25(17-5-7-19(28)8-6-17)32-27(33-26)37-14-13-35-2/h5-12,15-16H,4,13-14H2,1-3H3,(H,29,31)(H,30,34)(H,32,33). The fraction of sp³-hybridized carbons (Fsp3) is 0.222. The fourth-order valence-electron chi connectivity index (χ4n) is 3.59. The van der Waals surface area contributed by atoms with Crippen molar-refractivity contribution in [3.63, 3.8) is 0 Å². The molecule has 0 unspecified atom stereocenters. The maximum atomic E-state index is 13.6. The van der Waals surface area contributed by atoms with Crippen LogP contribution in [0.2, 0.25) is 0 Å². The highest BCUT2D eigenvalue weighted by Crippen LogP contribution is 2.35. The summed E-state index contributed by atoms with van der Waals surface area (Å²) < 4.78 is 24.2. The van der Waals surface area contributed by atoms with E-state index in [1.165, 1.54) is 12.1 Å². The molecule has 0 radical (unpaired) electrons. The van der Waals surface area contributed by atoms with Crippen LogP contribution in [0.3, 0.4) is 0 Å². The molecule has 192 valence electrons. The predicted molar refractivity (Wildman–Crippen MR) is 145 cm³/mol. The van der Waals surface area contributed by atoms with E-state index in [2.05, 4.69) is 20.6 Å². The lowest BCUT2D eigenvalue weighted by Gasteiger charge is -2.13. The number of aromatic amines is 1. The van der Waals surface area contributed by atoms with E-state index in [4.69, 9.17) is 14.5 Å². The van der Waals surface area contributed by atoms with Crippen molar-refractivity contribution in [2.24, 2.45) is 0 Å². The minimum Gasteiger partial charge on any atom is -0.495 e. The lowest BCUT2D eigenvalue weighted by Crippen LogP contribution is -2.09. The lowest BCUT2D eigenvalue weighted by atomic mass is 10.1. The number of imidazole rings is 1. The van der Waals surface area contributed by atoms with Crippen molar-refractivity contribution in [3.05, 3.63) is 66.6 Å². The first-order valence-corrected chi connectivity index (χ1v) is 12.7. The molecule has 10 heteroatoms. The summed E-state index contributed by atoms with van der Waals surface area (Å²) in [6.45, 7) is 2.39. The first-order valence-electron chi connectivity index (χ1n) is 11.7. The number of benzene rings is 2. The smallest absolute Gasteiger partial charge is 0.224 e. The van der Waals surface area contributed by atoms with E-state index in [1.54, 1.807) is 69.4 Å². The molecule has 8 nitrogen and oxygen atoms in total. The number of carbonyl (C=O) groups is 1. The van der Waals surface area contributed by atoms with Crippen LogP contribution in [0.25, 0.3) is 22.5 Å². The molecule has 1 amide bonds. The number of ether oxygens (including phenoxy) is 2. The molecule has 2 aromatic carbocycles. The zero-order valence-corrected chi connectivity index (χ0v) is 21.6. The summed E-state index contributed by atoms with van der Waals surface area (Å²) >= 11 is 1.54. The minimum atomic E-state index is -0.304. The molecule has 2 aromatic heterocycles. The van der Waals surface area contributed by atoms with Gasteiger partial charge in [0.25, 0.3) is 0 Å². The molecule has 0 aliphatic rings. The number of H-pyrrole nitrogens is 1. The van der Waals surface area contributed by atoms with Crippen LogP contribution < -0.4 is 15.4 Å². The number of pyridine rings is 1. The number of hydrogen-bond donors (Lipinski definition) is 3. The molecular formula is C27H28FN5O3S. The molecule has 0 saturated carbocycles. The van der Waals surface area contributed by atoms with E-state index in [0.717, 1.165) is 27.7 Å². The number of nitrogens with one attached hydrogen (secondary N) is 3. The highest BCUT2D eigenvalue weighted by molar-refractivity contribution is 7.99. The highest BCUT2D eigenvalue weighted by Gasteiger charge is 2.16. The third kappa shape index (κ3) is 6.66. The predicted octanol–water partition coefficient (Wildman–Crippen LogP) is 6.12. The second kappa shape index (κ2) is 12.4. The summed E-state index contributed by atoms with van der Waals surface area (Å²) in [6.07, 6.45) is 2.07. The lowest BCUT2D eigenvalue weighted by molar-refractivity contribution is -0.115. The molecule has 0 atom stereocenters. The van der Waals surface area contributed by atoms with Crippen LogP contribution in [0.5, 0.6) is 5.75 Å². The van der Waals surface area contributed by atoms with Crippen LogP contribution in [-0.4, -0.2) is 47.4 Å². The van der Waals surface area contributed by atoms with Gasteiger partial charge >= 0.3 is 0 Å². The number of anilines is 3. The Labute approximate surface area is 219 Å². The van der Waals surface area contributed by atoms with Crippen molar-refractivity contribution in [2.75, 3.05) is 37.2 Å². The van der Waals surface area contributed by atoms with Gasteiger partial charge in [0.15, 0.2) is 5.16 Å². The maximum Gasteiger partial charge on any atom is 0.224 e. The van der Waals surface area contributed by atoms with E-state index in [1.807, 2.05) is 12.1 Å². The van der Waals surface area contributed by atoms with E-state index < -0.39 is 0 Å². The van der Waals surface area contributed by atoms with Crippen LogP contribution in [-0.2, 0) is 9.53 Å². The Bertz CT molecular complexity index is 1360. The number of nitrogens with zero attached hydrogens (tertiary/aromatic N) is 2. The van der Waals surface area contributed by atoms with Crippen molar-refractivity contribution < 1.29 is 18.7 Å². The van der Waals surface area contributed by atoms with E-state index >= 15 is 0 Å². The SMILES string of the molecule is CCC(=O)Nc1ccc(OC)c(Nc2cc(-c3nc(SCCOC)[nH]c3-c3ccc(F)cc3)ccn2)c1. The fourth-order valence-corrected chi connectivity index (χ4v) is 4.37. The number of methoxy groups -OCH3 is 2. The van der Waals surface area contributed by atoms with E-state index in [9.17, 15) is 9.18 Å². The Morgan fingerprint density at radius 1 is 1.08 bits per heavy atom. The molecule has 4 rings (SSSR count). The van der Waals surface area contributed by atoms with Crippen molar-refractivity contribution in [3.8, 4) is 28.3 Å². The second-order valence-electron chi connectivity index (χ2n) is 7.99. The average molecular weight is 522 g/mol. The van der Waals surface area contributed by atoms with Gasteiger partial charge in [0, 0.05) is 42.3 Å². The second-order valence-corrected chi connectivity index (χ2v) is 9.07. The zero-order chi connectivity index (χ0) is 26.2. The largest absolute Gasteiger partial charge is 0.495 e. The van der Waals surface area contributed by atoms with Crippen LogP contribution in [0.15, 0.2) is 66.0 Å². The molecule has 0 aliphatic carbocycles. The molecule has 3 N–H and O–H groups in total. The van der Waals surface area contributed by atoms with Gasteiger partial charge in [0.2, 0.25) is 5.91 Å². The quantitative estimate of drug-likeness (QED) is 0.162. The topological polar surface area (TPSA) is 101 Å². The first-order chi connectivity index (χ1) is 18.0. The Morgan fingerprint density at radius 2 is 1.89 bits per heavy atom. The molecule has 37 heavy (non-hydrogen) atoms. The molecular weight excluding hydrogens is 493 g/mol. The van der Waals surface area contributed by atoms with Gasteiger partial charge in [0.1, 0.15) is 17.4 Å². The van der Waals surface area contributed by atoms with Crippen molar-refractivity contribution in [2.45, 2.75) is 18.5 Å². The van der Waals surface area contributed by atoms with Crippen molar-refractivity contribution in [1.29, 1.82) is 0 Å². The van der Waals surface area contributed by atoms with Gasteiger partial charge in [-0.1, -0.05) is 18.7 Å². The molecule has 0 saturated heterocycles. The number of carbonyl (C=O) groups excluding carboxylic acids is 1. The number of halogens is 1. The molecule has 0 fully saturated rings. The van der Waals surface area contributed by atoms with Crippen molar-refractivity contribution in [1.82, 2.24) is 15.0 Å². The van der Waals surface area contributed by atoms with Crippen LogP contribution in [0.1, 0.15) is 13.3 Å². The number of aromatic nitrogens is 3. The average Bonchev–Trinajstić information content (AvgIpc) is 3.34. The van der Waals surface area contributed by atoms with Gasteiger partial charge in [-0.05, 0) is 54.6 Å². The number of hydrogen-bond acceptors (Lipinski definition) is 7. The normalized spacial score (nSPS) is 10.8. The summed E-state index contributed by atoms with van der Waals surface area (Å²) in [5.41, 5.74) is 4.43. The van der Waals surface area contributed by atoms with E-state index in [0.29, 0.717) is 41.7 Å². The first kappa shape index (κ1) is 26.2. The van der Waals surface area contributed by atoms with Crippen LogP contribution in [0, 0.1) is 5.82 Å². The number of amides is 1. The van der Waals surface area contributed by atoms with Gasteiger partial charge in [-0.2, -0.15) is 0 Å².